The highest BCUT2D eigenvalue weighted by molar-refractivity contribution is 5.95. The maximum absolute atomic E-state index is 13.8. The van der Waals surface area contributed by atoms with Gasteiger partial charge in [-0.3, -0.25) is 4.79 Å². The van der Waals surface area contributed by atoms with E-state index < -0.39 is 5.82 Å². The van der Waals surface area contributed by atoms with Crippen LogP contribution >= 0.6 is 0 Å². The van der Waals surface area contributed by atoms with Crippen molar-refractivity contribution in [2.45, 2.75) is 13.1 Å². The van der Waals surface area contributed by atoms with Crippen molar-refractivity contribution in [3.05, 3.63) is 65.0 Å². The third-order valence-corrected chi connectivity index (χ3v) is 3.35. The highest BCUT2D eigenvalue weighted by atomic mass is 19.1. The molecule has 3 nitrogen and oxygen atoms in total. The highest BCUT2D eigenvalue weighted by Gasteiger charge is 2.25. The van der Waals surface area contributed by atoms with Crippen molar-refractivity contribution in [3.63, 3.8) is 0 Å². The molecule has 0 aromatic heterocycles. The predicted molar refractivity (Wildman–Crippen MR) is 70.8 cm³/mol. The Kier molecular flexibility index (Phi) is 2.71. The van der Waals surface area contributed by atoms with E-state index in [0.717, 1.165) is 11.1 Å². The number of amides is 1. The van der Waals surface area contributed by atoms with Crippen LogP contribution in [0.5, 0.6) is 0 Å². The number of halogens is 1. The Morgan fingerprint density at radius 2 is 1.74 bits per heavy atom. The van der Waals surface area contributed by atoms with Gasteiger partial charge in [0, 0.05) is 18.8 Å². The second-order valence-corrected chi connectivity index (χ2v) is 4.67. The molecule has 0 aliphatic carbocycles. The van der Waals surface area contributed by atoms with E-state index in [2.05, 4.69) is 0 Å². The van der Waals surface area contributed by atoms with Gasteiger partial charge in [0.1, 0.15) is 5.82 Å². The molecule has 1 heterocycles. The maximum atomic E-state index is 13.8. The minimum Gasteiger partial charge on any atom is -0.399 e. The van der Waals surface area contributed by atoms with Crippen LogP contribution in [0, 0.1) is 5.82 Å². The molecule has 0 fully saturated rings. The summed E-state index contributed by atoms with van der Waals surface area (Å²) >= 11 is 0. The molecule has 2 aromatic rings. The average Bonchev–Trinajstić information content (AvgIpc) is 2.81. The Morgan fingerprint density at radius 1 is 1.11 bits per heavy atom. The zero-order valence-corrected chi connectivity index (χ0v) is 10.3. The number of hydrogen-bond acceptors (Lipinski definition) is 2. The van der Waals surface area contributed by atoms with Crippen LogP contribution in [-0.4, -0.2) is 10.8 Å². The molecular weight excluding hydrogens is 243 g/mol. The molecule has 2 N–H and O–H groups in total. The molecule has 0 bridgehead atoms. The highest BCUT2D eigenvalue weighted by Crippen LogP contribution is 2.25. The molecule has 0 unspecified atom stereocenters. The quantitative estimate of drug-likeness (QED) is 0.797. The largest absolute Gasteiger partial charge is 0.399 e. The van der Waals surface area contributed by atoms with Gasteiger partial charge in [-0.25, -0.2) is 4.39 Å². The summed E-state index contributed by atoms with van der Waals surface area (Å²) in [6.45, 7) is 1.05. The minimum absolute atomic E-state index is 0.0713. The van der Waals surface area contributed by atoms with Crippen molar-refractivity contribution in [3.8, 4) is 0 Å². The van der Waals surface area contributed by atoms with Crippen molar-refractivity contribution < 1.29 is 9.18 Å². The Morgan fingerprint density at radius 3 is 2.32 bits per heavy atom. The number of hydrogen-bond donors (Lipinski definition) is 1. The normalized spacial score (nSPS) is 13.4. The summed E-state index contributed by atoms with van der Waals surface area (Å²) in [5, 5.41) is 0. The van der Waals surface area contributed by atoms with Crippen LogP contribution in [0.1, 0.15) is 21.5 Å². The van der Waals surface area contributed by atoms with Crippen molar-refractivity contribution in [2.24, 2.45) is 0 Å². The third kappa shape index (κ3) is 2.05. The lowest BCUT2D eigenvalue weighted by Gasteiger charge is -2.16. The predicted octanol–water partition coefficient (Wildman–Crippen LogP) is 2.56. The van der Waals surface area contributed by atoms with Crippen LogP contribution in [0.4, 0.5) is 10.1 Å². The number of nitrogen functional groups attached to an aromatic ring is 1. The van der Waals surface area contributed by atoms with E-state index in [9.17, 15) is 9.18 Å². The van der Waals surface area contributed by atoms with Gasteiger partial charge >= 0.3 is 0 Å². The molecule has 0 radical (unpaired) electrons. The Hall–Kier alpha value is -2.36. The van der Waals surface area contributed by atoms with E-state index in [1.165, 1.54) is 12.1 Å². The lowest BCUT2D eigenvalue weighted by molar-refractivity contribution is 0.0746. The standard InChI is InChI=1S/C15H13FN2O/c16-14-7-12(17)5-6-13(14)15(19)18-8-10-3-1-2-4-11(10)9-18/h1-7H,8-9,17H2. The van der Waals surface area contributed by atoms with Crippen LogP contribution < -0.4 is 5.73 Å². The van der Waals surface area contributed by atoms with E-state index in [0.29, 0.717) is 18.8 Å². The SMILES string of the molecule is Nc1ccc(C(=O)N2Cc3ccccc3C2)c(F)c1. The summed E-state index contributed by atoms with van der Waals surface area (Å²) in [6.07, 6.45) is 0. The smallest absolute Gasteiger partial charge is 0.257 e. The summed E-state index contributed by atoms with van der Waals surface area (Å²) in [7, 11) is 0. The van der Waals surface area contributed by atoms with Crippen molar-refractivity contribution in [1.82, 2.24) is 4.90 Å². The van der Waals surface area contributed by atoms with Crippen molar-refractivity contribution in [2.75, 3.05) is 5.73 Å². The van der Waals surface area contributed by atoms with Gasteiger partial charge in [-0.1, -0.05) is 24.3 Å². The lowest BCUT2D eigenvalue weighted by atomic mass is 10.1. The molecule has 1 aliphatic heterocycles. The van der Waals surface area contributed by atoms with Gasteiger partial charge in [0.25, 0.3) is 5.91 Å². The minimum atomic E-state index is -0.569. The summed E-state index contributed by atoms with van der Waals surface area (Å²) < 4.78 is 13.8. The molecule has 3 rings (SSSR count). The second kappa shape index (κ2) is 4.39. The topological polar surface area (TPSA) is 46.3 Å². The second-order valence-electron chi connectivity index (χ2n) is 4.67. The number of anilines is 1. The summed E-state index contributed by atoms with van der Waals surface area (Å²) in [5.41, 5.74) is 8.11. The molecule has 96 valence electrons. The number of fused-ring (bicyclic) bond motifs is 1. The molecular formula is C15H13FN2O. The number of rotatable bonds is 1. The summed E-state index contributed by atoms with van der Waals surface area (Å²) in [5.74, 6) is -0.866. The fraction of sp³-hybridized carbons (Fsp3) is 0.133. The third-order valence-electron chi connectivity index (χ3n) is 3.35. The molecule has 1 aliphatic rings. The Labute approximate surface area is 110 Å². The van der Waals surface area contributed by atoms with E-state index in [1.807, 2.05) is 24.3 Å². The summed E-state index contributed by atoms with van der Waals surface area (Å²) in [4.78, 5) is 13.9. The number of benzene rings is 2. The van der Waals surface area contributed by atoms with E-state index >= 15 is 0 Å². The van der Waals surface area contributed by atoms with Gasteiger partial charge in [0.05, 0.1) is 5.56 Å². The molecule has 1 amide bonds. The first-order valence-corrected chi connectivity index (χ1v) is 6.06. The molecule has 0 saturated carbocycles. The van der Waals surface area contributed by atoms with Crippen molar-refractivity contribution >= 4 is 11.6 Å². The van der Waals surface area contributed by atoms with Gasteiger partial charge in [-0.2, -0.15) is 0 Å². The van der Waals surface area contributed by atoms with Crippen LogP contribution in [-0.2, 0) is 13.1 Å². The van der Waals surface area contributed by atoms with Crippen LogP contribution in [0.15, 0.2) is 42.5 Å². The first-order chi connectivity index (χ1) is 9.15. The van der Waals surface area contributed by atoms with Gasteiger partial charge in [0.2, 0.25) is 0 Å². The molecule has 4 heteroatoms. The number of nitrogens with two attached hydrogens (primary N) is 1. The van der Waals surface area contributed by atoms with Gasteiger partial charge in [-0.15, -0.1) is 0 Å². The molecule has 19 heavy (non-hydrogen) atoms. The molecule has 0 spiro atoms. The molecule has 2 aromatic carbocycles. The maximum Gasteiger partial charge on any atom is 0.257 e. The number of nitrogens with zero attached hydrogens (tertiary/aromatic N) is 1. The summed E-state index contributed by atoms with van der Waals surface area (Å²) in [6, 6.07) is 12.0. The fourth-order valence-electron chi connectivity index (χ4n) is 2.35. The van der Waals surface area contributed by atoms with Crippen LogP contribution in [0.2, 0.25) is 0 Å². The zero-order valence-electron chi connectivity index (χ0n) is 10.3. The Bertz CT molecular complexity index is 629. The van der Waals surface area contributed by atoms with Gasteiger partial charge in [-0.05, 0) is 29.3 Å². The fourth-order valence-corrected chi connectivity index (χ4v) is 2.35. The van der Waals surface area contributed by atoms with E-state index in [-0.39, 0.29) is 11.5 Å². The molecule has 0 atom stereocenters. The van der Waals surface area contributed by atoms with Gasteiger partial charge < -0.3 is 10.6 Å². The first-order valence-electron chi connectivity index (χ1n) is 6.06. The first kappa shape index (κ1) is 11.7. The van der Waals surface area contributed by atoms with E-state index in [4.69, 9.17) is 5.73 Å². The Balaban J connectivity index is 1.87. The van der Waals surface area contributed by atoms with Crippen LogP contribution in [0.3, 0.4) is 0 Å². The van der Waals surface area contributed by atoms with Crippen molar-refractivity contribution in [1.29, 1.82) is 0 Å². The average molecular weight is 256 g/mol. The lowest BCUT2D eigenvalue weighted by Crippen LogP contribution is -2.26. The number of carbonyl (C=O) groups excluding carboxylic acids is 1. The van der Waals surface area contributed by atoms with Gasteiger partial charge in [0.15, 0.2) is 0 Å². The number of carbonyl (C=O) groups is 1. The van der Waals surface area contributed by atoms with Crippen LogP contribution in [0.25, 0.3) is 0 Å². The monoisotopic (exact) mass is 256 g/mol. The molecule has 0 saturated heterocycles. The van der Waals surface area contributed by atoms with E-state index in [1.54, 1.807) is 11.0 Å². The zero-order chi connectivity index (χ0) is 13.4.